The van der Waals surface area contributed by atoms with Gasteiger partial charge in [0.05, 0.1) is 0 Å². The summed E-state index contributed by atoms with van der Waals surface area (Å²) in [7, 11) is 1.54. The van der Waals surface area contributed by atoms with Crippen LogP contribution in [0.15, 0.2) is 53.9 Å². The number of nitrogens with zero attached hydrogens (tertiary/aromatic N) is 1. The molecule has 0 aliphatic rings. The first-order valence-corrected chi connectivity index (χ1v) is 8.92. The number of benzene rings is 2. The van der Waals surface area contributed by atoms with E-state index >= 15 is 0 Å². The third-order valence-corrected chi connectivity index (χ3v) is 4.56. The first-order valence-electron chi connectivity index (χ1n) is 7.67. The number of carbonyl (C=O) groups is 2. The van der Waals surface area contributed by atoms with Crippen molar-refractivity contribution in [2.24, 2.45) is 0 Å². The minimum absolute atomic E-state index is 0.304. The van der Waals surface area contributed by atoms with E-state index in [0.29, 0.717) is 22.1 Å². The third kappa shape index (κ3) is 4.38. The van der Waals surface area contributed by atoms with Crippen LogP contribution in [0.5, 0.6) is 0 Å². The quantitative estimate of drug-likeness (QED) is 0.618. The molecule has 0 fully saturated rings. The summed E-state index contributed by atoms with van der Waals surface area (Å²) in [6, 6.07) is 13.8. The molecule has 3 aromatic rings. The fraction of sp³-hybridized carbons (Fsp3) is 0.0556. The van der Waals surface area contributed by atoms with Crippen LogP contribution in [0.1, 0.15) is 10.5 Å². The van der Waals surface area contributed by atoms with Gasteiger partial charge in [-0.2, -0.15) is 0 Å². The van der Waals surface area contributed by atoms with Crippen LogP contribution in [0.4, 0.5) is 16.2 Å². The van der Waals surface area contributed by atoms with Crippen molar-refractivity contribution in [1.82, 2.24) is 10.3 Å². The number of carbonyl (C=O) groups excluding carboxylic acids is 2. The molecule has 1 aromatic heterocycles. The fourth-order valence-corrected chi connectivity index (χ4v) is 3.15. The van der Waals surface area contributed by atoms with E-state index in [4.69, 9.17) is 11.6 Å². The second-order valence-electron chi connectivity index (χ2n) is 5.28. The van der Waals surface area contributed by atoms with E-state index < -0.39 is 0 Å². The predicted octanol–water partition coefficient (Wildman–Crippen LogP) is 4.47. The zero-order valence-corrected chi connectivity index (χ0v) is 15.3. The number of nitrogens with one attached hydrogen (secondary N) is 3. The number of urea groups is 1. The molecule has 6 nitrogen and oxygen atoms in total. The smallest absolute Gasteiger partial charge is 0.318 e. The van der Waals surface area contributed by atoms with E-state index in [0.717, 1.165) is 10.6 Å². The molecular weight excluding hydrogens is 372 g/mol. The fourth-order valence-electron chi connectivity index (χ4n) is 2.16. The van der Waals surface area contributed by atoms with Crippen LogP contribution in [0.25, 0.3) is 10.6 Å². The van der Waals surface area contributed by atoms with Crippen molar-refractivity contribution in [3.63, 3.8) is 0 Å². The van der Waals surface area contributed by atoms with Gasteiger partial charge in [0.1, 0.15) is 10.7 Å². The second kappa shape index (κ2) is 7.99. The van der Waals surface area contributed by atoms with Crippen LogP contribution >= 0.6 is 22.9 Å². The summed E-state index contributed by atoms with van der Waals surface area (Å²) in [5.41, 5.74) is 2.43. The Balaban J connectivity index is 1.68. The molecule has 0 aliphatic carbocycles. The summed E-state index contributed by atoms with van der Waals surface area (Å²) in [5.74, 6) is -0.304. The van der Waals surface area contributed by atoms with Crippen LogP contribution in [0.2, 0.25) is 5.02 Å². The monoisotopic (exact) mass is 386 g/mol. The van der Waals surface area contributed by atoms with Gasteiger partial charge in [-0.05, 0) is 36.4 Å². The molecule has 0 saturated carbocycles. The van der Waals surface area contributed by atoms with Gasteiger partial charge in [-0.1, -0.05) is 23.7 Å². The SMILES string of the molecule is CNC(=O)Nc1ccc(NC(=O)c2csc(-c3cccc(Cl)c3)n2)cc1. The van der Waals surface area contributed by atoms with Gasteiger partial charge in [-0.3, -0.25) is 4.79 Å². The van der Waals surface area contributed by atoms with Crippen LogP contribution in [0.3, 0.4) is 0 Å². The largest absolute Gasteiger partial charge is 0.341 e. The topological polar surface area (TPSA) is 83.1 Å². The molecule has 8 heteroatoms. The van der Waals surface area contributed by atoms with Crippen molar-refractivity contribution in [3.8, 4) is 10.6 Å². The minimum atomic E-state index is -0.308. The van der Waals surface area contributed by atoms with E-state index in [1.807, 2.05) is 12.1 Å². The van der Waals surface area contributed by atoms with E-state index in [-0.39, 0.29) is 11.9 Å². The minimum Gasteiger partial charge on any atom is -0.341 e. The number of thiazole rings is 1. The molecule has 0 aliphatic heterocycles. The molecule has 3 rings (SSSR count). The zero-order chi connectivity index (χ0) is 18.5. The van der Waals surface area contributed by atoms with Crippen molar-refractivity contribution in [1.29, 1.82) is 0 Å². The van der Waals surface area contributed by atoms with Crippen molar-refractivity contribution < 1.29 is 9.59 Å². The Kier molecular flexibility index (Phi) is 5.50. The maximum absolute atomic E-state index is 12.4. The van der Waals surface area contributed by atoms with Gasteiger partial charge in [-0.25, -0.2) is 9.78 Å². The Morgan fingerprint density at radius 1 is 1.04 bits per heavy atom. The third-order valence-electron chi connectivity index (χ3n) is 3.44. The van der Waals surface area contributed by atoms with E-state index in [2.05, 4.69) is 20.9 Å². The molecule has 3 N–H and O–H groups in total. The van der Waals surface area contributed by atoms with Gasteiger partial charge in [0, 0.05) is 34.4 Å². The molecule has 26 heavy (non-hydrogen) atoms. The number of rotatable bonds is 4. The number of amides is 3. The number of hydrogen-bond acceptors (Lipinski definition) is 4. The van der Waals surface area contributed by atoms with Gasteiger partial charge in [0.15, 0.2) is 0 Å². The molecule has 2 aromatic carbocycles. The summed E-state index contributed by atoms with van der Waals surface area (Å²) in [6.07, 6.45) is 0. The van der Waals surface area contributed by atoms with E-state index in [1.165, 1.54) is 18.4 Å². The molecule has 132 valence electrons. The standard InChI is InChI=1S/C18H15ClN4O2S/c1-20-18(25)22-14-7-5-13(6-8-14)21-16(24)15-10-26-17(23-15)11-3-2-4-12(19)9-11/h2-10H,1H3,(H,21,24)(H2,20,22,25). The predicted molar refractivity (Wildman–Crippen MR) is 105 cm³/mol. The van der Waals surface area contributed by atoms with Crippen LogP contribution in [0, 0.1) is 0 Å². The first kappa shape index (κ1) is 17.9. The number of anilines is 2. The Morgan fingerprint density at radius 2 is 1.73 bits per heavy atom. The Hall–Kier alpha value is -2.90. The first-order chi connectivity index (χ1) is 12.5. The van der Waals surface area contributed by atoms with Gasteiger partial charge in [-0.15, -0.1) is 11.3 Å². The van der Waals surface area contributed by atoms with Crippen LogP contribution < -0.4 is 16.0 Å². The van der Waals surface area contributed by atoms with E-state index in [1.54, 1.807) is 41.8 Å². The molecular formula is C18H15ClN4O2S. The summed E-state index contributed by atoms with van der Waals surface area (Å²) in [6.45, 7) is 0. The van der Waals surface area contributed by atoms with Gasteiger partial charge in [0.2, 0.25) is 0 Å². The van der Waals surface area contributed by atoms with E-state index in [9.17, 15) is 9.59 Å². The molecule has 0 atom stereocenters. The summed E-state index contributed by atoms with van der Waals surface area (Å²) in [4.78, 5) is 28.0. The highest BCUT2D eigenvalue weighted by molar-refractivity contribution is 7.13. The lowest BCUT2D eigenvalue weighted by Crippen LogP contribution is -2.24. The van der Waals surface area contributed by atoms with Crippen molar-refractivity contribution in [2.45, 2.75) is 0 Å². The lowest BCUT2D eigenvalue weighted by Gasteiger charge is -2.06. The van der Waals surface area contributed by atoms with Gasteiger partial charge < -0.3 is 16.0 Å². The Labute approximate surface area is 159 Å². The van der Waals surface area contributed by atoms with Crippen molar-refractivity contribution in [2.75, 3.05) is 17.7 Å². The Morgan fingerprint density at radius 3 is 2.38 bits per heavy atom. The average Bonchev–Trinajstić information content (AvgIpc) is 3.13. The maximum atomic E-state index is 12.4. The summed E-state index contributed by atoms with van der Waals surface area (Å²) >= 11 is 7.37. The molecule has 0 spiro atoms. The van der Waals surface area contributed by atoms with Gasteiger partial charge >= 0.3 is 6.03 Å². The Bertz CT molecular complexity index is 940. The molecule has 3 amide bonds. The molecule has 0 saturated heterocycles. The average molecular weight is 387 g/mol. The van der Waals surface area contributed by atoms with Crippen LogP contribution in [-0.2, 0) is 0 Å². The lowest BCUT2D eigenvalue weighted by molar-refractivity contribution is 0.102. The summed E-state index contributed by atoms with van der Waals surface area (Å²) < 4.78 is 0. The highest BCUT2D eigenvalue weighted by Crippen LogP contribution is 2.26. The molecule has 0 unspecified atom stereocenters. The zero-order valence-electron chi connectivity index (χ0n) is 13.7. The lowest BCUT2D eigenvalue weighted by atomic mass is 10.2. The molecule has 1 heterocycles. The number of hydrogen-bond donors (Lipinski definition) is 3. The van der Waals surface area contributed by atoms with Gasteiger partial charge in [0.25, 0.3) is 5.91 Å². The number of aromatic nitrogens is 1. The maximum Gasteiger partial charge on any atom is 0.318 e. The normalized spacial score (nSPS) is 10.2. The molecule has 0 bridgehead atoms. The molecule has 0 radical (unpaired) electrons. The van der Waals surface area contributed by atoms with Crippen molar-refractivity contribution >= 4 is 46.3 Å². The highest BCUT2D eigenvalue weighted by atomic mass is 35.5. The number of halogens is 1. The highest BCUT2D eigenvalue weighted by Gasteiger charge is 2.12. The summed E-state index contributed by atoms with van der Waals surface area (Å²) in [5, 5.41) is 10.9. The second-order valence-corrected chi connectivity index (χ2v) is 6.58. The van der Waals surface area contributed by atoms with Crippen molar-refractivity contribution in [3.05, 3.63) is 64.6 Å². The van der Waals surface area contributed by atoms with Crippen LogP contribution in [-0.4, -0.2) is 24.0 Å².